The van der Waals surface area contributed by atoms with Crippen LogP contribution in [0.5, 0.6) is 0 Å². The molecule has 1 aliphatic rings. The molecule has 5 rings (SSSR count). The van der Waals surface area contributed by atoms with E-state index >= 15 is 0 Å². The molecule has 0 atom stereocenters. The Hall–Kier alpha value is -2.78. The first kappa shape index (κ1) is 17.3. The van der Waals surface area contributed by atoms with Crippen LogP contribution in [0.3, 0.4) is 0 Å². The van der Waals surface area contributed by atoms with Crippen molar-refractivity contribution in [1.29, 1.82) is 0 Å². The Kier molecular flexibility index (Phi) is 4.53. The van der Waals surface area contributed by atoms with E-state index in [2.05, 4.69) is 46.7 Å². The number of thiophene rings is 1. The smallest absolute Gasteiger partial charge is 0.251 e. The molecular weight excluding hydrogens is 392 g/mol. The van der Waals surface area contributed by atoms with Gasteiger partial charge in [-0.3, -0.25) is 9.89 Å². The maximum atomic E-state index is 12.6. The van der Waals surface area contributed by atoms with E-state index in [1.165, 1.54) is 4.88 Å². The van der Waals surface area contributed by atoms with Crippen LogP contribution in [0.15, 0.2) is 41.8 Å². The minimum Gasteiger partial charge on any atom is -0.355 e. The van der Waals surface area contributed by atoms with E-state index in [0.717, 1.165) is 60.2 Å². The topological polar surface area (TPSA) is 86.8 Å². The minimum atomic E-state index is -0.0481. The van der Waals surface area contributed by atoms with Crippen LogP contribution < -0.4 is 10.2 Å². The van der Waals surface area contributed by atoms with Crippen LogP contribution in [0.2, 0.25) is 0 Å². The molecule has 0 unspecified atom stereocenters. The number of carbonyl (C=O) groups excluding carboxylic acids is 1. The standard InChI is InChI=1S/C19H18N6OS2/c26-19(12-3-4-14-15(10-12)24-28-23-14)20-13-5-7-25(8-6-13)18-11-16(21-22-18)17-2-1-9-27-17/h1-4,9-11,13H,5-8H2,(H,20,26)(H,21,22). The fourth-order valence-corrected chi connectivity index (χ4v) is 4.69. The van der Waals surface area contributed by atoms with Crippen molar-refractivity contribution in [3.05, 3.63) is 47.3 Å². The first-order chi connectivity index (χ1) is 13.8. The summed E-state index contributed by atoms with van der Waals surface area (Å²) in [4.78, 5) is 16.0. The molecule has 1 amide bonds. The first-order valence-electron chi connectivity index (χ1n) is 9.14. The van der Waals surface area contributed by atoms with E-state index in [4.69, 9.17) is 0 Å². The molecule has 7 nitrogen and oxygen atoms in total. The molecule has 1 fully saturated rings. The van der Waals surface area contributed by atoms with Gasteiger partial charge in [0.25, 0.3) is 5.91 Å². The predicted octanol–water partition coefficient (Wildman–Crippen LogP) is 3.54. The molecule has 0 spiro atoms. The normalized spacial score (nSPS) is 15.2. The third-order valence-electron chi connectivity index (χ3n) is 5.02. The minimum absolute atomic E-state index is 0.0481. The highest BCUT2D eigenvalue weighted by molar-refractivity contribution is 7.13. The largest absolute Gasteiger partial charge is 0.355 e. The van der Waals surface area contributed by atoms with Crippen molar-refractivity contribution in [2.75, 3.05) is 18.0 Å². The van der Waals surface area contributed by atoms with Gasteiger partial charge >= 0.3 is 0 Å². The second-order valence-corrected chi connectivity index (χ2v) is 8.30. The Morgan fingerprint density at radius 3 is 2.82 bits per heavy atom. The van der Waals surface area contributed by atoms with E-state index in [0.29, 0.717) is 5.56 Å². The summed E-state index contributed by atoms with van der Waals surface area (Å²) in [7, 11) is 0. The second kappa shape index (κ2) is 7.33. The van der Waals surface area contributed by atoms with E-state index in [1.54, 1.807) is 17.4 Å². The van der Waals surface area contributed by atoms with Gasteiger partial charge in [-0.1, -0.05) is 6.07 Å². The lowest BCUT2D eigenvalue weighted by Gasteiger charge is -2.32. The summed E-state index contributed by atoms with van der Waals surface area (Å²) < 4.78 is 8.38. The monoisotopic (exact) mass is 410 g/mol. The van der Waals surface area contributed by atoms with Gasteiger partial charge < -0.3 is 10.2 Å². The molecule has 1 aliphatic heterocycles. The molecule has 2 N–H and O–H groups in total. The lowest BCUT2D eigenvalue weighted by atomic mass is 10.0. The molecule has 3 aromatic heterocycles. The Morgan fingerprint density at radius 1 is 1.14 bits per heavy atom. The number of anilines is 1. The summed E-state index contributed by atoms with van der Waals surface area (Å²) in [6, 6.07) is 11.9. The van der Waals surface area contributed by atoms with Crippen LogP contribution in [0.1, 0.15) is 23.2 Å². The van der Waals surface area contributed by atoms with E-state index in [-0.39, 0.29) is 11.9 Å². The highest BCUT2D eigenvalue weighted by Gasteiger charge is 2.23. The Morgan fingerprint density at radius 2 is 2.00 bits per heavy atom. The van der Waals surface area contributed by atoms with Gasteiger partial charge in [0.2, 0.25) is 0 Å². The van der Waals surface area contributed by atoms with Crippen molar-refractivity contribution in [1.82, 2.24) is 24.3 Å². The lowest BCUT2D eigenvalue weighted by Crippen LogP contribution is -2.44. The highest BCUT2D eigenvalue weighted by Crippen LogP contribution is 2.27. The Balaban J connectivity index is 1.19. The van der Waals surface area contributed by atoms with Crippen LogP contribution in [0.25, 0.3) is 21.6 Å². The molecule has 4 aromatic rings. The molecule has 28 heavy (non-hydrogen) atoms. The molecular formula is C19H18N6OS2. The maximum Gasteiger partial charge on any atom is 0.251 e. The number of fused-ring (bicyclic) bond motifs is 1. The van der Waals surface area contributed by atoms with Crippen molar-refractivity contribution in [2.24, 2.45) is 0 Å². The van der Waals surface area contributed by atoms with Crippen molar-refractivity contribution in [3.8, 4) is 10.6 Å². The van der Waals surface area contributed by atoms with Gasteiger partial charge in [0.15, 0.2) is 5.82 Å². The fraction of sp³-hybridized carbons (Fsp3) is 0.263. The zero-order valence-corrected chi connectivity index (χ0v) is 16.6. The number of aromatic nitrogens is 4. The number of nitrogens with one attached hydrogen (secondary N) is 2. The van der Waals surface area contributed by atoms with Gasteiger partial charge in [-0.05, 0) is 42.5 Å². The summed E-state index contributed by atoms with van der Waals surface area (Å²) in [5.41, 5.74) is 3.28. The summed E-state index contributed by atoms with van der Waals surface area (Å²) in [6.45, 7) is 1.74. The fourth-order valence-electron chi connectivity index (χ4n) is 3.48. The molecule has 9 heteroatoms. The summed E-state index contributed by atoms with van der Waals surface area (Å²) in [5.74, 6) is 0.919. The molecule has 0 bridgehead atoms. The van der Waals surface area contributed by atoms with Gasteiger partial charge in [-0.2, -0.15) is 13.8 Å². The van der Waals surface area contributed by atoms with Crippen molar-refractivity contribution >= 4 is 45.8 Å². The van der Waals surface area contributed by atoms with Crippen LogP contribution in [0, 0.1) is 0 Å². The van der Waals surface area contributed by atoms with Gasteiger partial charge in [0.05, 0.1) is 22.3 Å². The number of rotatable bonds is 4. The number of benzene rings is 1. The zero-order valence-electron chi connectivity index (χ0n) is 15.0. The average molecular weight is 411 g/mol. The SMILES string of the molecule is O=C(NC1CCN(c2cc(-c3cccs3)[nH]n2)CC1)c1ccc2nsnc2c1. The number of hydrogen-bond donors (Lipinski definition) is 2. The third-order valence-corrected chi connectivity index (χ3v) is 6.48. The third kappa shape index (κ3) is 3.38. The van der Waals surface area contributed by atoms with Crippen LogP contribution in [-0.2, 0) is 0 Å². The molecule has 0 radical (unpaired) electrons. The summed E-state index contributed by atoms with van der Waals surface area (Å²) in [5, 5.41) is 12.8. The van der Waals surface area contributed by atoms with Gasteiger partial charge in [-0.15, -0.1) is 11.3 Å². The average Bonchev–Trinajstić information content (AvgIpc) is 3.48. The van der Waals surface area contributed by atoms with Gasteiger partial charge in [-0.25, -0.2) is 0 Å². The van der Waals surface area contributed by atoms with Crippen LogP contribution >= 0.6 is 23.1 Å². The number of nitrogens with zero attached hydrogens (tertiary/aromatic N) is 4. The van der Waals surface area contributed by atoms with Crippen molar-refractivity contribution in [2.45, 2.75) is 18.9 Å². The molecule has 142 valence electrons. The molecule has 1 saturated heterocycles. The first-order valence-corrected chi connectivity index (χ1v) is 10.7. The van der Waals surface area contributed by atoms with Gasteiger partial charge in [0, 0.05) is 30.8 Å². The Labute approximate surface area is 169 Å². The number of hydrogen-bond acceptors (Lipinski definition) is 7. The molecule has 4 heterocycles. The number of amides is 1. The second-order valence-electron chi connectivity index (χ2n) is 6.82. The van der Waals surface area contributed by atoms with E-state index in [1.807, 2.05) is 18.2 Å². The Bertz CT molecular complexity index is 1090. The van der Waals surface area contributed by atoms with Crippen LogP contribution in [-0.4, -0.2) is 44.0 Å². The molecule has 0 aliphatic carbocycles. The van der Waals surface area contributed by atoms with E-state index < -0.39 is 0 Å². The lowest BCUT2D eigenvalue weighted by molar-refractivity contribution is 0.0931. The quantitative estimate of drug-likeness (QED) is 0.537. The zero-order chi connectivity index (χ0) is 18.9. The predicted molar refractivity (Wildman–Crippen MR) is 112 cm³/mol. The van der Waals surface area contributed by atoms with E-state index in [9.17, 15) is 4.79 Å². The summed E-state index contributed by atoms with van der Waals surface area (Å²) >= 11 is 2.86. The molecule has 1 aromatic carbocycles. The number of piperidine rings is 1. The maximum absolute atomic E-state index is 12.6. The van der Waals surface area contributed by atoms with Gasteiger partial charge in [0.1, 0.15) is 11.0 Å². The number of H-pyrrole nitrogens is 1. The number of aromatic amines is 1. The summed E-state index contributed by atoms with van der Waals surface area (Å²) in [6.07, 6.45) is 1.79. The van der Waals surface area contributed by atoms with Crippen molar-refractivity contribution in [3.63, 3.8) is 0 Å². The molecule has 0 saturated carbocycles. The number of carbonyl (C=O) groups is 1. The van der Waals surface area contributed by atoms with Crippen LogP contribution in [0.4, 0.5) is 5.82 Å². The highest BCUT2D eigenvalue weighted by atomic mass is 32.1. The van der Waals surface area contributed by atoms with Crippen molar-refractivity contribution < 1.29 is 4.79 Å².